The Balaban J connectivity index is 1.68. The molecule has 0 unspecified atom stereocenters. The molecule has 0 saturated carbocycles. The summed E-state index contributed by atoms with van der Waals surface area (Å²) in [6, 6.07) is 11.7. The first-order valence-corrected chi connectivity index (χ1v) is 12.4. The summed E-state index contributed by atoms with van der Waals surface area (Å²) in [5.41, 5.74) is 2.67. The van der Waals surface area contributed by atoms with Gasteiger partial charge in [0.05, 0.1) is 17.5 Å². The van der Waals surface area contributed by atoms with Gasteiger partial charge in [0.15, 0.2) is 0 Å². The van der Waals surface area contributed by atoms with Crippen molar-refractivity contribution in [2.24, 2.45) is 0 Å². The van der Waals surface area contributed by atoms with Crippen LogP contribution in [-0.4, -0.2) is 38.0 Å². The van der Waals surface area contributed by atoms with Crippen LogP contribution < -0.4 is 10.0 Å². The normalized spacial score (nSPS) is 15.8. The average Bonchev–Trinajstić information content (AvgIpc) is 3.14. The smallest absolute Gasteiger partial charge is 0.411 e. The summed E-state index contributed by atoms with van der Waals surface area (Å²) in [5.74, 6) is -0.242. The van der Waals surface area contributed by atoms with E-state index in [0.29, 0.717) is 12.1 Å². The van der Waals surface area contributed by atoms with Crippen molar-refractivity contribution in [2.45, 2.75) is 63.7 Å². The van der Waals surface area contributed by atoms with Crippen molar-refractivity contribution in [3.8, 4) is 0 Å². The van der Waals surface area contributed by atoms with Gasteiger partial charge in [0.1, 0.15) is 5.60 Å². The van der Waals surface area contributed by atoms with Crippen molar-refractivity contribution >= 4 is 22.0 Å². The molecule has 2 aromatic rings. The first kappa shape index (κ1) is 24.7. The molecule has 33 heavy (non-hydrogen) atoms. The minimum atomic E-state index is -3.50. The first-order valence-electron chi connectivity index (χ1n) is 10.9. The number of carbonyl (C=O) groups is 2. The Labute approximate surface area is 195 Å². The van der Waals surface area contributed by atoms with E-state index in [1.807, 2.05) is 39.8 Å². The number of hydrogen-bond donors (Lipinski definition) is 2. The SMILES string of the molecule is CC[C@H]1c2ccc(C(=O)NCc3ccc(S(=O)(=O)NC)cc3)cc2CN1C(=O)OC(C)(C)C. The standard InChI is InChI=1S/C24H31N3O5S/c1-6-21-20-12-9-17(13-18(20)15-27(21)23(29)32-24(2,3)4)22(28)26-14-16-7-10-19(11-8-16)33(30,31)25-5/h7-13,21,25H,6,14-15H2,1-5H3,(H,26,28)/t21-/m0/s1. The predicted molar refractivity (Wildman–Crippen MR) is 125 cm³/mol. The summed E-state index contributed by atoms with van der Waals surface area (Å²) in [7, 11) is -2.14. The van der Waals surface area contributed by atoms with Crippen molar-refractivity contribution in [1.29, 1.82) is 0 Å². The third-order valence-electron chi connectivity index (χ3n) is 5.45. The van der Waals surface area contributed by atoms with Gasteiger partial charge < -0.3 is 10.1 Å². The summed E-state index contributed by atoms with van der Waals surface area (Å²) in [6.07, 6.45) is 0.386. The van der Waals surface area contributed by atoms with Crippen LogP contribution in [-0.2, 0) is 27.8 Å². The molecule has 0 bridgehead atoms. The van der Waals surface area contributed by atoms with Crippen LogP contribution >= 0.6 is 0 Å². The zero-order valence-corrected chi connectivity index (χ0v) is 20.5. The lowest BCUT2D eigenvalue weighted by Gasteiger charge is -2.28. The number of nitrogens with zero attached hydrogens (tertiary/aromatic N) is 1. The van der Waals surface area contributed by atoms with Gasteiger partial charge in [0.2, 0.25) is 10.0 Å². The van der Waals surface area contributed by atoms with E-state index in [4.69, 9.17) is 4.74 Å². The molecule has 9 heteroatoms. The Morgan fingerprint density at radius 1 is 1.12 bits per heavy atom. The quantitative estimate of drug-likeness (QED) is 0.665. The van der Waals surface area contributed by atoms with E-state index in [1.165, 1.54) is 19.2 Å². The highest BCUT2D eigenvalue weighted by Crippen LogP contribution is 2.37. The highest BCUT2D eigenvalue weighted by atomic mass is 32.2. The van der Waals surface area contributed by atoms with E-state index in [9.17, 15) is 18.0 Å². The zero-order chi connectivity index (χ0) is 24.4. The molecule has 2 aromatic carbocycles. The fraction of sp³-hybridized carbons (Fsp3) is 0.417. The van der Waals surface area contributed by atoms with Crippen molar-refractivity contribution in [3.05, 3.63) is 64.7 Å². The lowest BCUT2D eigenvalue weighted by Crippen LogP contribution is -2.35. The Hall–Kier alpha value is -2.91. The Bertz CT molecular complexity index is 1140. The third kappa shape index (κ3) is 5.72. The highest BCUT2D eigenvalue weighted by Gasteiger charge is 2.35. The maximum absolute atomic E-state index is 12.7. The summed E-state index contributed by atoms with van der Waals surface area (Å²) < 4.78 is 31.5. The second kappa shape index (κ2) is 9.52. The second-order valence-electron chi connectivity index (χ2n) is 8.98. The molecule has 1 atom stereocenters. The fourth-order valence-corrected chi connectivity index (χ4v) is 4.54. The molecule has 3 rings (SSSR count). The highest BCUT2D eigenvalue weighted by molar-refractivity contribution is 7.89. The molecular formula is C24H31N3O5S. The number of hydrogen-bond acceptors (Lipinski definition) is 5. The van der Waals surface area contributed by atoms with Gasteiger partial charge >= 0.3 is 6.09 Å². The second-order valence-corrected chi connectivity index (χ2v) is 10.9. The average molecular weight is 474 g/mol. The molecule has 2 N–H and O–H groups in total. The first-order chi connectivity index (χ1) is 15.4. The largest absolute Gasteiger partial charge is 0.444 e. The summed E-state index contributed by atoms with van der Waals surface area (Å²) in [5, 5.41) is 2.86. The summed E-state index contributed by atoms with van der Waals surface area (Å²) >= 11 is 0. The minimum absolute atomic E-state index is 0.0839. The van der Waals surface area contributed by atoms with Crippen molar-refractivity contribution in [1.82, 2.24) is 14.9 Å². The molecule has 1 heterocycles. The van der Waals surface area contributed by atoms with Crippen molar-refractivity contribution in [3.63, 3.8) is 0 Å². The van der Waals surface area contributed by atoms with Crippen LogP contribution in [0, 0.1) is 0 Å². The van der Waals surface area contributed by atoms with E-state index in [-0.39, 0.29) is 29.5 Å². The maximum atomic E-state index is 12.7. The Kier molecular flexibility index (Phi) is 7.14. The van der Waals surface area contributed by atoms with E-state index < -0.39 is 15.6 Å². The number of nitrogens with one attached hydrogen (secondary N) is 2. The van der Waals surface area contributed by atoms with Gasteiger partial charge in [-0.25, -0.2) is 17.9 Å². The monoisotopic (exact) mass is 473 g/mol. The molecule has 1 aliphatic rings. The number of ether oxygens (including phenoxy) is 1. The Morgan fingerprint density at radius 3 is 2.36 bits per heavy atom. The number of benzene rings is 2. The zero-order valence-electron chi connectivity index (χ0n) is 19.6. The van der Waals surface area contributed by atoms with E-state index in [0.717, 1.165) is 23.1 Å². The van der Waals surface area contributed by atoms with Crippen LogP contribution in [0.4, 0.5) is 4.79 Å². The molecule has 178 valence electrons. The molecule has 0 radical (unpaired) electrons. The van der Waals surface area contributed by atoms with Crippen LogP contribution in [0.15, 0.2) is 47.4 Å². The number of carbonyl (C=O) groups excluding carboxylic acids is 2. The maximum Gasteiger partial charge on any atom is 0.411 e. The molecule has 0 spiro atoms. The topological polar surface area (TPSA) is 105 Å². The minimum Gasteiger partial charge on any atom is -0.444 e. The summed E-state index contributed by atoms with van der Waals surface area (Å²) in [6.45, 7) is 8.19. The molecule has 2 amide bonds. The van der Waals surface area contributed by atoms with Crippen LogP contribution in [0.2, 0.25) is 0 Å². The van der Waals surface area contributed by atoms with Gasteiger partial charge in [0.25, 0.3) is 5.91 Å². The predicted octanol–water partition coefficient (Wildman–Crippen LogP) is 3.73. The molecular weight excluding hydrogens is 442 g/mol. The molecule has 0 saturated heterocycles. The van der Waals surface area contributed by atoms with E-state index in [1.54, 1.807) is 23.1 Å². The number of rotatable bonds is 6. The van der Waals surface area contributed by atoms with Crippen LogP contribution in [0.5, 0.6) is 0 Å². The molecule has 0 aromatic heterocycles. The van der Waals surface area contributed by atoms with E-state index in [2.05, 4.69) is 10.0 Å². The van der Waals surface area contributed by atoms with Crippen LogP contribution in [0.3, 0.4) is 0 Å². The number of amides is 2. The molecule has 0 fully saturated rings. The van der Waals surface area contributed by atoms with Gasteiger partial charge in [-0.15, -0.1) is 0 Å². The lowest BCUT2D eigenvalue weighted by atomic mass is 10.0. The van der Waals surface area contributed by atoms with Crippen molar-refractivity contribution < 1.29 is 22.7 Å². The molecule has 1 aliphatic heterocycles. The molecule has 0 aliphatic carbocycles. The van der Waals surface area contributed by atoms with Crippen molar-refractivity contribution in [2.75, 3.05) is 7.05 Å². The van der Waals surface area contributed by atoms with Gasteiger partial charge in [-0.05, 0) is 75.2 Å². The summed E-state index contributed by atoms with van der Waals surface area (Å²) in [4.78, 5) is 27.3. The van der Waals surface area contributed by atoms with E-state index >= 15 is 0 Å². The Morgan fingerprint density at radius 2 is 1.79 bits per heavy atom. The third-order valence-corrected chi connectivity index (χ3v) is 6.88. The van der Waals surface area contributed by atoms with Crippen LogP contribution in [0.25, 0.3) is 0 Å². The lowest BCUT2D eigenvalue weighted by molar-refractivity contribution is 0.0168. The van der Waals surface area contributed by atoms with Crippen LogP contribution in [0.1, 0.15) is 67.2 Å². The van der Waals surface area contributed by atoms with Gasteiger partial charge in [0, 0.05) is 12.1 Å². The van der Waals surface area contributed by atoms with Gasteiger partial charge in [-0.3, -0.25) is 9.69 Å². The van der Waals surface area contributed by atoms with Gasteiger partial charge in [-0.1, -0.05) is 25.1 Å². The van der Waals surface area contributed by atoms with Gasteiger partial charge in [-0.2, -0.15) is 0 Å². The number of fused-ring (bicyclic) bond motifs is 1. The fourth-order valence-electron chi connectivity index (χ4n) is 3.81. The molecule has 8 nitrogen and oxygen atoms in total. The number of sulfonamides is 1.